The van der Waals surface area contributed by atoms with Crippen molar-refractivity contribution in [3.63, 3.8) is 0 Å². The summed E-state index contributed by atoms with van der Waals surface area (Å²) in [5.41, 5.74) is 1.23. The van der Waals surface area contributed by atoms with Crippen molar-refractivity contribution in [1.29, 1.82) is 0 Å². The SMILES string of the molecule is Fc1ccc(C2CC2C2CC2)cn1. The molecule has 13 heavy (non-hydrogen) atoms. The minimum Gasteiger partial charge on any atom is -0.228 e. The fourth-order valence-electron chi connectivity index (χ4n) is 2.25. The third-order valence-corrected chi connectivity index (χ3v) is 3.25. The molecule has 1 aromatic heterocycles. The van der Waals surface area contributed by atoms with Gasteiger partial charge in [0.25, 0.3) is 0 Å². The molecule has 1 nitrogen and oxygen atoms in total. The molecule has 1 aromatic rings. The van der Waals surface area contributed by atoms with E-state index in [0.717, 1.165) is 11.8 Å². The van der Waals surface area contributed by atoms with Gasteiger partial charge in [0.2, 0.25) is 5.95 Å². The van der Waals surface area contributed by atoms with Crippen molar-refractivity contribution < 1.29 is 4.39 Å². The second kappa shape index (κ2) is 2.53. The molecule has 0 spiro atoms. The molecule has 0 saturated heterocycles. The van der Waals surface area contributed by atoms with Crippen LogP contribution in [-0.4, -0.2) is 4.98 Å². The molecule has 2 atom stereocenters. The molecule has 2 heteroatoms. The molecule has 3 rings (SSSR count). The fraction of sp³-hybridized carbons (Fsp3) is 0.545. The van der Waals surface area contributed by atoms with Crippen molar-refractivity contribution >= 4 is 0 Å². The van der Waals surface area contributed by atoms with Crippen molar-refractivity contribution in [1.82, 2.24) is 4.98 Å². The molecule has 0 bridgehead atoms. The van der Waals surface area contributed by atoms with Gasteiger partial charge < -0.3 is 0 Å². The number of hydrogen-bond donors (Lipinski definition) is 0. The van der Waals surface area contributed by atoms with E-state index < -0.39 is 0 Å². The minimum atomic E-state index is -0.368. The van der Waals surface area contributed by atoms with Gasteiger partial charge in [0.05, 0.1) is 0 Å². The first-order chi connectivity index (χ1) is 6.34. The van der Waals surface area contributed by atoms with Gasteiger partial charge in [0.15, 0.2) is 0 Å². The maximum atomic E-state index is 12.5. The lowest BCUT2D eigenvalue weighted by Gasteiger charge is -1.97. The van der Waals surface area contributed by atoms with Gasteiger partial charge >= 0.3 is 0 Å². The molecule has 0 aliphatic heterocycles. The lowest BCUT2D eigenvalue weighted by atomic mass is 10.1. The molecule has 1 heterocycles. The number of halogens is 1. The Kier molecular flexibility index (Phi) is 1.46. The topological polar surface area (TPSA) is 12.9 Å². The Balaban J connectivity index is 1.75. The smallest absolute Gasteiger partial charge is 0.212 e. The maximum absolute atomic E-state index is 12.5. The van der Waals surface area contributed by atoms with Crippen LogP contribution in [0.5, 0.6) is 0 Å². The molecule has 0 N–H and O–H groups in total. The molecule has 2 saturated carbocycles. The zero-order valence-corrected chi connectivity index (χ0v) is 7.41. The molecule has 68 valence electrons. The third kappa shape index (κ3) is 1.34. The van der Waals surface area contributed by atoms with E-state index >= 15 is 0 Å². The predicted octanol–water partition coefficient (Wildman–Crippen LogP) is 2.73. The summed E-state index contributed by atoms with van der Waals surface area (Å²) in [6, 6.07) is 3.35. The zero-order valence-electron chi connectivity index (χ0n) is 7.41. The second-order valence-corrected chi connectivity index (χ2v) is 4.26. The monoisotopic (exact) mass is 177 g/mol. The lowest BCUT2D eigenvalue weighted by Crippen LogP contribution is -1.88. The van der Waals surface area contributed by atoms with E-state index in [2.05, 4.69) is 4.98 Å². The van der Waals surface area contributed by atoms with Gasteiger partial charge in [-0.1, -0.05) is 6.07 Å². The molecule has 0 amide bonds. The first-order valence-corrected chi connectivity index (χ1v) is 4.96. The average molecular weight is 177 g/mol. The van der Waals surface area contributed by atoms with Gasteiger partial charge in [-0.2, -0.15) is 4.39 Å². The normalized spacial score (nSPS) is 31.8. The Hall–Kier alpha value is -0.920. The minimum absolute atomic E-state index is 0.368. The van der Waals surface area contributed by atoms with Crippen LogP contribution in [0.25, 0.3) is 0 Å². The van der Waals surface area contributed by atoms with E-state index in [1.165, 1.54) is 30.9 Å². The molecule has 2 aliphatic carbocycles. The van der Waals surface area contributed by atoms with Gasteiger partial charge in [-0.05, 0) is 48.6 Å². The lowest BCUT2D eigenvalue weighted by molar-refractivity contribution is 0.581. The van der Waals surface area contributed by atoms with Crippen LogP contribution in [0.2, 0.25) is 0 Å². The Morgan fingerprint density at radius 1 is 1.31 bits per heavy atom. The molecule has 2 aliphatic rings. The first kappa shape index (κ1) is 7.48. The average Bonchev–Trinajstić information content (AvgIpc) is 2.99. The summed E-state index contributed by atoms with van der Waals surface area (Å²) in [7, 11) is 0. The van der Waals surface area contributed by atoms with E-state index in [0.29, 0.717) is 5.92 Å². The highest BCUT2D eigenvalue weighted by molar-refractivity contribution is 5.24. The van der Waals surface area contributed by atoms with Crippen molar-refractivity contribution in [2.24, 2.45) is 11.8 Å². The Labute approximate surface area is 77.0 Å². The third-order valence-electron chi connectivity index (χ3n) is 3.25. The number of hydrogen-bond acceptors (Lipinski definition) is 1. The Bertz CT molecular complexity index is 315. The summed E-state index contributed by atoms with van der Waals surface area (Å²) in [6.45, 7) is 0. The van der Waals surface area contributed by atoms with Crippen LogP contribution in [0.1, 0.15) is 30.7 Å². The molecule has 2 unspecified atom stereocenters. The van der Waals surface area contributed by atoms with Crippen LogP contribution in [0, 0.1) is 17.8 Å². The summed E-state index contributed by atoms with van der Waals surface area (Å²) in [5.74, 6) is 2.20. The van der Waals surface area contributed by atoms with Crippen molar-refractivity contribution in [3.8, 4) is 0 Å². The number of rotatable bonds is 2. The Morgan fingerprint density at radius 3 is 2.77 bits per heavy atom. The molecular weight excluding hydrogens is 165 g/mol. The van der Waals surface area contributed by atoms with Crippen LogP contribution < -0.4 is 0 Å². The quantitative estimate of drug-likeness (QED) is 0.633. The second-order valence-electron chi connectivity index (χ2n) is 4.26. The van der Waals surface area contributed by atoms with E-state index in [-0.39, 0.29) is 5.95 Å². The zero-order chi connectivity index (χ0) is 8.84. The van der Waals surface area contributed by atoms with Crippen LogP contribution in [0.15, 0.2) is 18.3 Å². The highest BCUT2D eigenvalue weighted by atomic mass is 19.1. The summed E-state index contributed by atoms with van der Waals surface area (Å²) < 4.78 is 12.5. The van der Waals surface area contributed by atoms with E-state index in [9.17, 15) is 4.39 Å². The van der Waals surface area contributed by atoms with Gasteiger partial charge in [-0.15, -0.1) is 0 Å². The maximum Gasteiger partial charge on any atom is 0.212 e. The summed E-state index contributed by atoms with van der Waals surface area (Å²) in [4.78, 5) is 3.69. The number of nitrogens with zero attached hydrogens (tertiary/aromatic N) is 1. The highest BCUT2D eigenvalue weighted by Gasteiger charge is 2.47. The molecule has 2 fully saturated rings. The van der Waals surface area contributed by atoms with E-state index in [4.69, 9.17) is 0 Å². The van der Waals surface area contributed by atoms with Gasteiger partial charge in [0.1, 0.15) is 0 Å². The summed E-state index contributed by atoms with van der Waals surface area (Å²) >= 11 is 0. The van der Waals surface area contributed by atoms with Crippen molar-refractivity contribution in [2.75, 3.05) is 0 Å². The fourth-order valence-corrected chi connectivity index (χ4v) is 2.25. The molecule has 0 radical (unpaired) electrons. The number of aromatic nitrogens is 1. The predicted molar refractivity (Wildman–Crippen MR) is 47.8 cm³/mol. The number of pyridine rings is 1. The Morgan fingerprint density at radius 2 is 2.15 bits per heavy atom. The summed E-state index contributed by atoms with van der Waals surface area (Å²) in [5, 5.41) is 0. The first-order valence-electron chi connectivity index (χ1n) is 4.96. The standard InChI is InChI=1S/C11H12FN/c12-11-4-3-8(6-13-11)10-5-9(10)7-1-2-7/h3-4,6-7,9-10H,1-2,5H2. The summed E-state index contributed by atoms with van der Waals surface area (Å²) in [6.07, 6.45) is 5.83. The van der Waals surface area contributed by atoms with Crippen LogP contribution in [-0.2, 0) is 0 Å². The molecule has 0 aromatic carbocycles. The van der Waals surface area contributed by atoms with Gasteiger partial charge in [-0.3, -0.25) is 0 Å². The van der Waals surface area contributed by atoms with Crippen molar-refractivity contribution in [3.05, 3.63) is 29.8 Å². The van der Waals surface area contributed by atoms with Gasteiger partial charge in [0, 0.05) is 6.20 Å². The van der Waals surface area contributed by atoms with Crippen LogP contribution in [0.3, 0.4) is 0 Å². The van der Waals surface area contributed by atoms with Crippen molar-refractivity contribution in [2.45, 2.75) is 25.2 Å². The van der Waals surface area contributed by atoms with Crippen LogP contribution in [0.4, 0.5) is 4.39 Å². The highest BCUT2D eigenvalue weighted by Crippen LogP contribution is 2.59. The molecular formula is C11H12FN. The van der Waals surface area contributed by atoms with Crippen LogP contribution >= 0.6 is 0 Å². The largest absolute Gasteiger partial charge is 0.228 e. The van der Waals surface area contributed by atoms with Gasteiger partial charge in [-0.25, -0.2) is 4.98 Å². The van der Waals surface area contributed by atoms with E-state index in [1.807, 2.05) is 6.07 Å². The van der Waals surface area contributed by atoms with E-state index in [1.54, 1.807) is 6.20 Å².